The van der Waals surface area contributed by atoms with Crippen molar-refractivity contribution in [2.75, 3.05) is 17.1 Å². The molecule has 8 heteroatoms. The molecule has 108 valence electrons. The fraction of sp³-hybridized carbons (Fsp3) is 0.333. The molecule has 1 amide bonds. The molecule has 20 heavy (non-hydrogen) atoms. The molecule has 2 N–H and O–H groups in total. The highest BCUT2D eigenvalue weighted by Crippen LogP contribution is 2.30. The number of benzene rings is 1. The van der Waals surface area contributed by atoms with Crippen LogP contribution in [0.3, 0.4) is 0 Å². The van der Waals surface area contributed by atoms with Gasteiger partial charge in [-0.3, -0.25) is 4.31 Å². The number of hydrogen-bond donors (Lipinski definition) is 1. The Labute approximate surface area is 116 Å². The van der Waals surface area contributed by atoms with Crippen molar-refractivity contribution in [3.63, 3.8) is 0 Å². The summed E-state index contributed by atoms with van der Waals surface area (Å²) in [7, 11) is -3.35. The average Bonchev–Trinajstić information content (AvgIpc) is 2.35. The van der Waals surface area contributed by atoms with Gasteiger partial charge in [-0.1, -0.05) is 0 Å². The van der Waals surface area contributed by atoms with Gasteiger partial charge in [-0.25, -0.2) is 18.0 Å². The van der Waals surface area contributed by atoms with Crippen molar-refractivity contribution in [2.45, 2.75) is 12.8 Å². The van der Waals surface area contributed by atoms with E-state index in [1.165, 1.54) is 22.5 Å². The summed E-state index contributed by atoms with van der Waals surface area (Å²) in [5, 5.41) is 0. The smallest absolute Gasteiger partial charge is 0.373 e. The SMILES string of the molecule is CS(=O)(=O)N1CCCc2cc(C(=O)OC(N)=O)ccc21. The molecule has 0 bridgehead atoms. The molecule has 1 aliphatic rings. The lowest BCUT2D eigenvalue weighted by molar-refractivity contribution is 0.0638. The second kappa shape index (κ2) is 5.12. The second-order valence-electron chi connectivity index (χ2n) is 4.49. The summed E-state index contributed by atoms with van der Waals surface area (Å²) in [6.07, 6.45) is 1.27. The molecule has 1 heterocycles. The lowest BCUT2D eigenvalue weighted by Gasteiger charge is -2.29. The van der Waals surface area contributed by atoms with Crippen LogP contribution in [0.15, 0.2) is 18.2 Å². The summed E-state index contributed by atoms with van der Waals surface area (Å²) in [5.74, 6) is -0.850. The number of carbonyl (C=O) groups is 2. The molecule has 1 aromatic rings. The Balaban J connectivity index is 2.37. The Hall–Kier alpha value is -2.09. The number of esters is 1. The second-order valence-corrected chi connectivity index (χ2v) is 6.40. The Morgan fingerprint density at radius 2 is 2.05 bits per heavy atom. The number of nitrogens with two attached hydrogens (primary N) is 1. The van der Waals surface area contributed by atoms with Gasteiger partial charge in [0.1, 0.15) is 0 Å². The van der Waals surface area contributed by atoms with Gasteiger partial charge in [0, 0.05) is 6.54 Å². The highest BCUT2D eigenvalue weighted by Gasteiger charge is 2.25. The van der Waals surface area contributed by atoms with Crippen molar-refractivity contribution < 1.29 is 22.7 Å². The molecule has 2 rings (SSSR count). The zero-order valence-corrected chi connectivity index (χ0v) is 11.6. The first-order valence-electron chi connectivity index (χ1n) is 5.91. The number of nitrogens with zero attached hydrogens (tertiary/aromatic N) is 1. The summed E-state index contributed by atoms with van der Waals surface area (Å²) < 4.78 is 29.0. The Morgan fingerprint density at radius 1 is 1.35 bits per heavy atom. The van der Waals surface area contributed by atoms with Gasteiger partial charge in [0.05, 0.1) is 17.5 Å². The molecule has 0 aliphatic carbocycles. The lowest BCUT2D eigenvalue weighted by Crippen LogP contribution is -2.34. The molecule has 0 fully saturated rings. The summed E-state index contributed by atoms with van der Waals surface area (Å²) >= 11 is 0. The van der Waals surface area contributed by atoms with Crippen LogP contribution >= 0.6 is 0 Å². The van der Waals surface area contributed by atoms with Crippen LogP contribution in [0.2, 0.25) is 0 Å². The molecule has 0 atom stereocenters. The molecule has 0 saturated carbocycles. The molecular weight excluding hydrogens is 284 g/mol. The van der Waals surface area contributed by atoms with E-state index in [2.05, 4.69) is 4.74 Å². The summed E-state index contributed by atoms with van der Waals surface area (Å²) in [5.41, 5.74) is 6.22. The van der Waals surface area contributed by atoms with Crippen molar-refractivity contribution in [1.29, 1.82) is 0 Å². The first-order valence-corrected chi connectivity index (χ1v) is 7.76. The standard InChI is InChI=1S/C12H14N2O5S/c1-20(17,18)14-6-2-3-8-7-9(4-5-10(8)14)11(15)19-12(13)16/h4-5,7H,2-3,6H2,1H3,(H2,13,16). The number of amides is 1. The number of fused-ring (bicyclic) bond motifs is 1. The van der Waals surface area contributed by atoms with Crippen molar-refractivity contribution in [1.82, 2.24) is 0 Å². The number of anilines is 1. The molecule has 0 radical (unpaired) electrons. The maximum absolute atomic E-state index is 11.7. The number of ether oxygens (including phenoxy) is 1. The van der Waals surface area contributed by atoms with E-state index in [1.54, 1.807) is 0 Å². The molecule has 1 aromatic carbocycles. The normalized spacial score (nSPS) is 14.6. The third-order valence-corrected chi connectivity index (χ3v) is 4.16. The highest BCUT2D eigenvalue weighted by molar-refractivity contribution is 7.92. The first kappa shape index (κ1) is 14.3. The van der Waals surface area contributed by atoms with E-state index in [0.717, 1.165) is 11.8 Å². The number of carbonyl (C=O) groups excluding carboxylic acids is 2. The largest absolute Gasteiger partial charge is 0.412 e. The van der Waals surface area contributed by atoms with E-state index in [9.17, 15) is 18.0 Å². The van der Waals surface area contributed by atoms with Crippen LogP contribution in [0.25, 0.3) is 0 Å². The summed E-state index contributed by atoms with van der Waals surface area (Å²) in [6.45, 7) is 0.414. The lowest BCUT2D eigenvalue weighted by atomic mass is 10.0. The number of primary amides is 1. The molecule has 0 unspecified atom stereocenters. The maximum atomic E-state index is 11.7. The van der Waals surface area contributed by atoms with Gasteiger partial charge in [-0.2, -0.15) is 0 Å². The first-order chi connectivity index (χ1) is 9.29. The molecule has 0 aromatic heterocycles. The predicted octanol–water partition coefficient (Wildman–Crippen LogP) is 0.634. The summed E-state index contributed by atoms with van der Waals surface area (Å²) in [4.78, 5) is 22.1. The minimum absolute atomic E-state index is 0.165. The van der Waals surface area contributed by atoms with Crippen molar-refractivity contribution in [3.8, 4) is 0 Å². The molecule has 0 saturated heterocycles. The van der Waals surface area contributed by atoms with Crippen LogP contribution in [0.4, 0.5) is 10.5 Å². The minimum atomic E-state index is -3.35. The van der Waals surface area contributed by atoms with Crippen LogP contribution in [0.1, 0.15) is 22.3 Å². The zero-order chi connectivity index (χ0) is 14.9. The van der Waals surface area contributed by atoms with E-state index in [4.69, 9.17) is 5.73 Å². The van der Waals surface area contributed by atoms with E-state index in [1.807, 2.05) is 0 Å². The number of hydrogen-bond acceptors (Lipinski definition) is 5. The quantitative estimate of drug-likeness (QED) is 0.636. The van der Waals surface area contributed by atoms with Crippen LogP contribution in [-0.2, 0) is 21.2 Å². The monoisotopic (exact) mass is 298 g/mol. The highest BCUT2D eigenvalue weighted by atomic mass is 32.2. The third-order valence-electron chi connectivity index (χ3n) is 2.98. The van der Waals surface area contributed by atoms with Gasteiger partial charge < -0.3 is 10.5 Å². The van der Waals surface area contributed by atoms with Gasteiger partial charge in [0.25, 0.3) is 0 Å². The van der Waals surface area contributed by atoms with Crippen LogP contribution in [0, 0.1) is 0 Å². The van der Waals surface area contributed by atoms with E-state index in [0.29, 0.717) is 25.1 Å². The van der Waals surface area contributed by atoms with Crippen LogP contribution in [-0.4, -0.2) is 33.3 Å². The predicted molar refractivity (Wildman–Crippen MR) is 72.0 cm³/mol. The van der Waals surface area contributed by atoms with Gasteiger partial charge >= 0.3 is 12.1 Å². The van der Waals surface area contributed by atoms with Crippen LogP contribution < -0.4 is 10.0 Å². The van der Waals surface area contributed by atoms with E-state index < -0.39 is 22.1 Å². The van der Waals surface area contributed by atoms with Crippen molar-refractivity contribution in [3.05, 3.63) is 29.3 Å². The van der Waals surface area contributed by atoms with Gasteiger partial charge in [-0.05, 0) is 36.6 Å². The number of aryl methyl sites for hydroxylation is 1. The Bertz CT molecular complexity index is 668. The zero-order valence-electron chi connectivity index (χ0n) is 10.8. The Morgan fingerprint density at radius 3 is 2.65 bits per heavy atom. The van der Waals surface area contributed by atoms with Gasteiger partial charge in [-0.15, -0.1) is 0 Å². The van der Waals surface area contributed by atoms with Gasteiger partial charge in [0.2, 0.25) is 10.0 Å². The molecular formula is C12H14N2O5S. The Kier molecular flexibility index (Phi) is 3.67. The maximum Gasteiger partial charge on any atom is 0.412 e. The average molecular weight is 298 g/mol. The summed E-state index contributed by atoms with van der Waals surface area (Å²) in [6, 6.07) is 4.47. The van der Waals surface area contributed by atoms with Crippen LogP contribution in [0.5, 0.6) is 0 Å². The molecule has 7 nitrogen and oxygen atoms in total. The van der Waals surface area contributed by atoms with Gasteiger partial charge in [0.15, 0.2) is 0 Å². The number of rotatable bonds is 2. The van der Waals surface area contributed by atoms with E-state index in [-0.39, 0.29) is 5.56 Å². The number of sulfonamides is 1. The fourth-order valence-electron chi connectivity index (χ4n) is 2.18. The van der Waals surface area contributed by atoms with E-state index >= 15 is 0 Å². The topological polar surface area (TPSA) is 107 Å². The minimum Gasteiger partial charge on any atom is -0.373 e. The third kappa shape index (κ3) is 2.90. The van der Waals surface area contributed by atoms with Crippen molar-refractivity contribution >= 4 is 27.8 Å². The molecule has 0 spiro atoms. The van der Waals surface area contributed by atoms with Crippen molar-refractivity contribution in [2.24, 2.45) is 5.73 Å². The fourth-order valence-corrected chi connectivity index (χ4v) is 3.18. The molecule has 1 aliphatic heterocycles.